The lowest BCUT2D eigenvalue weighted by Crippen LogP contribution is -2.14. The largest absolute Gasteiger partial charge is 0.490 e. The summed E-state index contributed by atoms with van der Waals surface area (Å²) >= 11 is 5.92. The second kappa shape index (κ2) is 5.38. The SMILES string of the molecule is CCC(C)Oc1ccc(Cl)cc1[C@@H](C)N. The maximum Gasteiger partial charge on any atom is 0.124 e. The molecule has 0 aromatic heterocycles. The smallest absolute Gasteiger partial charge is 0.124 e. The van der Waals surface area contributed by atoms with E-state index in [1.807, 2.05) is 32.0 Å². The van der Waals surface area contributed by atoms with Crippen molar-refractivity contribution in [3.63, 3.8) is 0 Å². The maximum absolute atomic E-state index is 5.92. The van der Waals surface area contributed by atoms with Gasteiger partial charge in [0.1, 0.15) is 5.75 Å². The summed E-state index contributed by atoms with van der Waals surface area (Å²) in [6.07, 6.45) is 1.17. The third-order valence-electron chi connectivity index (χ3n) is 2.37. The molecule has 1 aromatic rings. The van der Waals surface area contributed by atoms with E-state index in [1.54, 1.807) is 0 Å². The van der Waals surface area contributed by atoms with Crippen LogP contribution < -0.4 is 10.5 Å². The molecule has 2 nitrogen and oxygen atoms in total. The first-order valence-electron chi connectivity index (χ1n) is 5.26. The van der Waals surface area contributed by atoms with E-state index in [4.69, 9.17) is 22.1 Å². The Bertz CT molecular complexity index is 325. The van der Waals surface area contributed by atoms with Gasteiger partial charge in [-0.2, -0.15) is 0 Å². The molecule has 0 fully saturated rings. The van der Waals surface area contributed by atoms with Gasteiger partial charge in [0.05, 0.1) is 6.10 Å². The molecule has 1 unspecified atom stereocenters. The molecule has 0 saturated carbocycles. The molecule has 0 heterocycles. The standard InChI is InChI=1S/C12H18ClNO/c1-4-8(2)15-12-6-5-10(13)7-11(12)9(3)14/h5-9H,4,14H2,1-3H3/t8?,9-/m1/s1. The second-order valence-electron chi connectivity index (χ2n) is 3.81. The zero-order valence-corrected chi connectivity index (χ0v) is 10.2. The first-order valence-corrected chi connectivity index (χ1v) is 5.64. The Balaban J connectivity index is 2.95. The quantitative estimate of drug-likeness (QED) is 0.854. The highest BCUT2D eigenvalue weighted by Crippen LogP contribution is 2.28. The van der Waals surface area contributed by atoms with Gasteiger partial charge in [-0.15, -0.1) is 0 Å². The van der Waals surface area contributed by atoms with E-state index in [0.29, 0.717) is 5.02 Å². The first kappa shape index (κ1) is 12.3. The maximum atomic E-state index is 5.92. The molecule has 1 rings (SSSR count). The van der Waals surface area contributed by atoms with Gasteiger partial charge in [-0.25, -0.2) is 0 Å². The van der Waals surface area contributed by atoms with Gasteiger partial charge in [-0.05, 0) is 38.5 Å². The minimum absolute atomic E-state index is 0.0669. The molecule has 2 atom stereocenters. The first-order chi connectivity index (χ1) is 7.04. The third kappa shape index (κ3) is 3.40. The summed E-state index contributed by atoms with van der Waals surface area (Å²) < 4.78 is 5.77. The van der Waals surface area contributed by atoms with Gasteiger partial charge < -0.3 is 10.5 Å². The van der Waals surface area contributed by atoms with Crippen molar-refractivity contribution in [2.24, 2.45) is 5.73 Å². The number of hydrogen-bond acceptors (Lipinski definition) is 2. The molecule has 0 aliphatic carbocycles. The van der Waals surface area contributed by atoms with Crippen molar-refractivity contribution in [3.05, 3.63) is 28.8 Å². The van der Waals surface area contributed by atoms with Gasteiger partial charge in [0, 0.05) is 16.6 Å². The molecule has 3 heteroatoms. The lowest BCUT2D eigenvalue weighted by atomic mass is 10.1. The Hall–Kier alpha value is -0.730. The second-order valence-corrected chi connectivity index (χ2v) is 4.24. The van der Waals surface area contributed by atoms with Crippen molar-refractivity contribution in [2.45, 2.75) is 39.3 Å². The Kier molecular flexibility index (Phi) is 4.43. The van der Waals surface area contributed by atoms with Gasteiger partial charge in [0.25, 0.3) is 0 Å². The van der Waals surface area contributed by atoms with E-state index >= 15 is 0 Å². The molecule has 0 spiro atoms. The summed E-state index contributed by atoms with van der Waals surface area (Å²) in [5.41, 5.74) is 6.82. The predicted octanol–water partition coefficient (Wildman–Crippen LogP) is 3.54. The van der Waals surface area contributed by atoms with Crippen molar-refractivity contribution in [2.75, 3.05) is 0 Å². The molecule has 0 amide bonds. The van der Waals surface area contributed by atoms with Gasteiger partial charge in [0.2, 0.25) is 0 Å². The molecule has 1 aromatic carbocycles. The fraction of sp³-hybridized carbons (Fsp3) is 0.500. The fourth-order valence-corrected chi connectivity index (χ4v) is 1.46. The summed E-state index contributed by atoms with van der Waals surface area (Å²) in [4.78, 5) is 0. The molecule has 2 N–H and O–H groups in total. The van der Waals surface area contributed by atoms with Crippen molar-refractivity contribution < 1.29 is 4.74 Å². The summed E-state index contributed by atoms with van der Waals surface area (Å²) in [7, 11) is 0. The van der Waals surface area contributed by atoms with Crippen LogP contribution in [0.2, 0.25) is 5.02 Å². The summed E-state index contributed by atoms with van der Waals surface area (Å²) in [6.45, 7) is 6.06. The average Bonchev–Trinajstić information content (AvgIpc) is 2.20. The van der Waals surface area contributed by atoms with Crippen molar-refractivity contribution in [1.29, 1.82) is 0 Å². The summed E-state index contributed by atoms with van der Waals surface area (Å²) in [6, 6.07) is 5.50. The van der Waals surface area contributed by atoms with E-state index in [1.165, 1.54) is 0 Å². The molecule has 0 radical (unpaired) electrons. The number of ether oxygens (including phenoxy) is 1. The Labute approximate surface area is 96.4 Å². The number of hydrogen-bond donors (Lipinski definition) is 1. The van der Waals surface area contributed by atoms with Crippen LogP contribution in [0.25, 0.3) is 0 Å². The highest BCUT2D eigenvalue weighted by atomic mass is 35.5. The van der Waals surface area contributed by atoms with Gasteiger partial charge in [-0.3, -0.25) is 0 Å². The highest BCUT2D eigenvalue weighted by molar-refractivity contribution is 6.30. The Morgan fingerprint density at radius 3 is 2.60 bits per heavy atom. The van der Waals surface area contributed by atoms with E-state index < -0.39 is 0 Å². The monoisotopic (exact) mass is 227 g/mol. The lowest BCUT2D eigenvalue weighted by molar-refractivity contribution is 0.214. The normalized spacial score (nSPS) is 14.7. The van der Waals surface area contributed by atoms with Crippen LogP contribution in [-0.4, -0.2) is 6.10 Å². The summed E-state index contributed by atoms with van der Waals surface area (Å²) in [5.74, 6) is 0.837. The van der Waals surface area contributed by atoms with Gasteiger partial charge >= 0.3 is 0 Å². The van der Waals surface area contributed by atoms with E-state index in [9.17, 15) is 0 Å². The van der Waals surface area contributed by atoms with Crippen LogP contribution in [-0.2, 0) is 0 Å². The zero-order valence-electron chi connectivity index (χ0n) is 9.46. The van der Waals surface area contributed by atoms with Crippen LogP contribution in [0.15, 0.2) is 18.2 Å². The van der Waals surface area contributed by atoms with Crippen LogP contribution in [0.5, 0.6) is 5.75 Å². The Morgan fingerprint density at radius 1 is 1.40 bits per heavy atom. The number of benzene rings is 1. The molecular weight excluding hydrogens is 210 g/mol. The molecule has 0 bridgehead atoms. The highest BCUT2D eigenvalue weighted by Gasteiger charge is 2.10. The minimum atomic E-state index is -0.0669. The van der Waals surface area contributed by atoms with Crippen LogP contribution in [0.1, 0.15) is 38.8 Å². The Morgan fingerprint density at radius 2 is 2.07 bits per heavy atom. The van der Waals surface area contributed by atoms with Crippen molar-refractivity contribution in [1.82, 2.24) is 0 Å². The summed E-state index contributed by atoms with van der Waals surface area (Å²) in [5, 5.41) is 0.693. The predicted molar refractivity (Wildman–Crippen MR) is 64.4 cm³/mol. The third-order valence-corrected chi connectivity index (χ3v) is 2.60. The van der Waals surface area contributed by atoms with Crippen LogP contribution >= 0.6 is 11.6 Å². The molecular formula is C12H18ClNO. The lowest BCUT2D eigenvalue weighted by Gasteiger charge is -2.18. The van der Waals surface area contributed by atoms with E-state index in [0.717, 1.165) is 17.7 Å². The van der Waals surface area contributed by atoms with Gasteiger partial charge in [0.15, 0.2) is 0 Å². The van der Waals surface area contributed by atoms with Crippen molar-refractivity contribution in [3.8, 4) is 5.75 Å². The van der Waals surface area contributed by atoms with Crippen LogP contribution in [0, 0.1) is 0 Å². The number of rotatable bonds is 4. The van der Waals surface area contributed by atoms with Gasteiger partial charge in [-0.1, -0.05) is 18.5 Å². The molecule has 84 valence electrons. The molecule has 0 aliphatic heterocycles. The van der Waals surface area contributed by atoms with E-state index in [2.05, 4.69) is 6.92 Å². The minimum Gasteiger partial charge on any atom is -0.490 e. The molecule has 0 saturated heterocycles. The topological polar surface area (TPSA) is 35.2 Å². The molecule has 15 heavy (non-hydrogen) atoms. The number of nitrogens with two attached hydrogens (primary N) is 1. The zero-order chi connectivity index (χ0) is 11.4. The number of halogens is 1. The average molecular weight is 228 g/mol. The fourth-order valence-electron chi connectivity index (χ4n) is 1.28. The van der Waals surface area contributed by atoms with Crippen LogP contribution in [0.4, 0.5) is 0 Å². The van der Waals surface area contributed by atoms with Crippen LogP contribution in [0.3, 0.4) is 0 Å². The molecule has 0 aliphatic rings. The van der Waals surface area contributed by atoms with Crippen molar-refractivity contribution >= 4 is 11.6 Å². The van der Waals surface area contributed by atoms with E-state index in [-0.39, 0.29) is 12.1 Å².